The van der Waals surface area contributed by atoms with Crippen molar-refractivity contribution in [3.63, 3.8) is 0 Å². The number of halogens is 1. The first kappa shape index (κ1) is 20.2. The summed E-state index contributed by atoms with van der Waals surface area (Å²) in [5.74, 6) is 0.589. The first-order chi connectivity index (χ1) is 14.7. The number of benzene rings is 2. The first-order valence-electron chi connectivity index (χ1n) is 10.2. The van der Waals surface area contributed by atoms with Crippen molar-refractivity contribution in [2.45, 2.75) is 37.8 Å². The summed E-state index contributed by atoms with van der Waals surface area (Å²) in [5.41, 5.74) is 1.68. The molecule has 154 valence electrons. The molecule has 0 bridgehead atoms. The number of rotatable bonds is 5. The topological polar surface area (TPSA) is 54.5 Å². The minimum atomic E-state index is -0.115. The van der Waals surface area contributed by atoms with Crippen molar-refractivity contribution in [3.8, 4) is 5.88 Å². The van der Waals surface area contributed by atoms with Crippen molar-refractivity contribution in [2.24, 2.45) is 0 Å². The summed E-state index contributed by atoms with van der Waals surface area (Å²) < 4.78 is 5.96. The third-order valence-corrected chi connectivity index (χ3v) is 5.44. The Morgan fingerprint density at radius 2 is 1.50 bits per heavy atom. The molecule has 4 rings (SSSR count). The quantitative estimate of drug-likeness (QED) is 0.551. The number of hydrogen-bond donors (Lipinski definition) is 1. The van der Waals surface area contributed by atoms with Crippen LogP contribution in [0.4, 0.5) is 16.2 Å². The summed E-state index contributed by atoms with van der Waals surface area (Å²) in [6, 6.07) is 23.0. The van der Waals surface area contributed by atoms with Gasteiger partial charge in [0.15, 0.2) is 0 Å². The molecular formula is C24H24ClN3O2. The highest BCUT2D eigenvalue weighted by Gasteiger charge is 2.26. The predicted octanol–water partition coefficient (Wildman–Crippen LogP) is 5.97. The van der Waals surface area contributed by atoms with Gasteiger partial charge < -0.3 is 10.1 Å². The minimum Gasteiger partial charge on any atom is -0.474 e. The molecule has 0 aliphatic heterocycles. The number of amides is 2. The number of para-hydroxylation sites is 2. The number of carbonyl (C=O) groups is 1. The summed E-state index contributed by atoms with van der Waals surface area (Å²) in [6.45, 7) is 0. The van der Waals surface area contributed by atoms with Crippen molar-refractivity contribution in [1.82, 2.24) is 10.3 Å². The van der Waals surface area contributed by atoms with Crippen molar-refractivity contribution in [3.05, 3.63) is 84.0 Å². The molecule has 6 heteroatoms. The lowest BCUT2D eigenvalue weighted by Gasteiger charge is -2.31. The Balaban J connectivity index is 1.37. The zero-order valence-electron chi connectivity index (χ0n) is 16.6. The average molecular weight is 422 g/mol. The Morgan fingerprint density at radius 1 is 0.900 bits per heavy atom. The number of ether oxygens (including phenoxy) is 1. The van der Waals surface area contributed by atoms with E-state index < -0.39 is 0 Å². The molecule has 2 aromatic carbocycles. The van der Waals surface area contributed by atoms with E-state index in [0.717, 1.165) is 37.1 Å². The van der Waals surface area contributed by atoms with E-state index >= 15 is 0 Å². The molecule has 1 N–H and O–H groups in total. The first-order valence-corrected chi connectivity index (χ1v) is 10.6. The molecule has 1 fully saturated rings. The number of anilines is 2. The molecule has 30 heavy (non-hydrogen) atoms. The summed E-state index contributed by atoms with van der Waals surface area (Å²) in [7, 11) is 0. The van der Waals surface area contributed by atoms with Gasteiger partial charge in [0.1, 0.15) is 6.10 Å². The zero-order chi connectivity index (χ0) is 20.8. The van der Waals surface area contributed by atoms with Crippen LogP contribution >= 0.6 is 11.6 Å². The van der Waals surface area contributed by atoms with E-state index in [2.05, 4.69) is 10.3 Å². The van der Waals surface area contributed by atoms with Crippen molar-refractivity contribution >= 4 is 29.0 Å². The highest BCUT2D eigenvalue weighted by molar-refractivity contribution is 6.30. The Hall–Kier alpha value is -3.05. The van der Waals surface area contributed by atoms with Gasteiger partial charge in [-0.05, 0) is 56.0 Å². The van der Waals surface area contributed by atoms with Crippen LogP contribution in [0.5, 0.6) is 5.88 Å². The van der Waals surface area contributed by atoms with Crippen molar-refractivity contribution in [2.75, 3.05) is 4.90 Å². The van der Waals surface area contributed by atoms with Crippen LogP contribution in [0, 0.1) is 0 Å². The molecule has 0 radical (unpaired) electrons. The van der Waals surface area contributed by atoms with E-state index in [0.29, 0.717) is 10.9 Å². The lowest BCUT2D eigenvalue weighted by atomic mass is 9.93. The minimum absolute atomic E-state index is 0.103. The predicted molar refractivity (Wildman–Crippen MR) is 119 cm³/mol. The van der Waals surface area contributed by atoms with E-state index in [4.69, 9.17) is 16.3 Å². The van der Waals surface area contributed by atoms with Gasteiger partial charge in [-0.25, -0.2) is 9.78 Å². The highest BCUT2D eigenvalue weighted by Crippen LogP contribution is 2.27. The van der Waals surface area contributed by atoms with Gasteiger partial charge in [0.25, 0.3) is 0 Å². The average Bonchev–Trinajstić information content (AvgIpc) is 2.78. The van der Waals surface area contributed by atoms with Crippen molar-refractivity contribution in [1.29, 1.82) is 0 Å². The molecule has 3 aromatic rings. The number of hydrogen-bond acceptors (Lipinski definition) is 3. The van der Waals surface area contributed by atoms with Gasteiger partial charge in [0.05, 0.1) is 16.4 Å². The second-order valence-corrected chi connectivity index (χ2v) is 7.80. The van der Waals surface area contributed by atoms with E-state index in [9.17, 15) is 4.79 Å². The molecule has 0 spiro atoms. The molecule has 0 atom stereocenters. The maximum absolute atomic E-state index is 13.2. The zero-order valence-corrected chi connectivity index (χ0v) is 17.3. The number of pyridine rings is 1. The smallest absolute Gasteiger partial charge is 0.326 e. The van der Waals surface area contributed by atoms with Crippen LogP contribution in [0.25, 0.3) is 0 Å². The summed E-state index contributed by atoms with van der Waals surface area (Å²) >= 11 is 5.87. The van der Waals surface area contributed by atoms with Crippen LogP contribution in [-0.2, 0) is 0 Å². The molecule has 1 heterocycles. The molecule has 5 nitrogen and oxygen atoms in total. The maximum Gasteiger partial charge on any atom is 0.326 e. The van der Waals surface area contributed by atoms with Crippen LogP contribution in [0.2, 0.25) is 5.02 Å². The number of nitrogens with one attached hydrogen (secondary N) is 1. The van der Waals surface area contributed by atoms with E-state index in [1.54, 1.807) is 23.2 Å². The number of carbonyl (C=O) groups excluding carboxylic acids is 1. The van der Waals surface area contributed by atoms with Gasteiger partial charge in [-0.2, -0.15) is 0 Å². The molecule has 1 aliphatic rings. The summed E-state index contributed by atoms with van der Waals surface area (Å²) in [6.07, 6.45) is 5.15. The summed E-state index contributed by atoms with van der Waals surface area (Å²) in [4.78, 5) is 19.1. The Bertz CT molecular complexity index is 904. The van der Waals surface area contributed by atoms with Gasteiger partial charge in [-0.15, -0.1) is 0 Å². The normalized spacial score (nSPS) is 18.4. The van der Waals surface area contributed by atoms with Gasteiger partial charge in [0, 0.05) is 18.3 Å². The largest absolute Gasteiger partial charge is 0.474 e. The Labute approximate surface area is 181 Å². The maximum atomic E-state index is 13.2. The van der Waals surface area contributed by atoms with Crippen LogP contribution < -0.4 is 15.0 Å². The van der Waals surface area contributed by atoms with Gasteiger partial charge in [-0.1, -0.05) is 48.0 Å². The Morgan fingerprint density at radius 3 is 2.03 bits per heavy atom. The molecule has 1 saturated carbocycles. The van der Waals surface area contributed by atoms with Crippen LogP contribution in [-0.4, -0.2) is 23.2 Å². The van der Waals surface area contributed by atoms with E-state index in [-0.39, 0.29) is 18.2 Å². The fraction of sp³-hybridized carbons (Fsp3) is 0.250. The molecule has 0 unspecified atom stereocenters. The van der Waals surface area contributed by atoms with Gasteiger partial charge in [-0.3, -0.25) is 4.90 Å². The highest BCUT2D eigenvalue weighted by atomic mass is 35.5. The fourth-order valence-corrected chi connectivity index (χ4v) is 3.82. The van der Waals surface area contributed by atoms with Gasteiger partial charge in [0.2, 0.25) is 5.88 Å². The monoisotopic (exact) mass is 421 g/mol. The molecule has 1 aromatic heterocycles. The second kappa shape index (κ2) is 9.63. The lowest BCUT2D eigenvalue weighted by molar-refractivity contribution is 0.135. The Kier molecular flexibility index (Phi) is 6.50. The fourth-order valence-electron chi connectivity index (χ4n) is 3.70. The second-order valence-electron chi connectivity index (χ2n) is 7.36. The number of nitrogens with zero attached hydrogens (tertiary/aromatic N) is 2. The van der Waals surface area contributed by atoms with Crippen molar-refractivity contribution < 1.29 is 9.53 Å². The van der Waals surface area contributed by atoms with Gasteiger partial charge >= 0.3 is 6.03 Å². The van der Waals surface area contributed by atoms with Crippen LogP contribution in [0.1, 0.15) is 25.7 Å². The SMILES string of the molecule is O=C(NC1CCC(Oc2ccc(Cl)cn2)CC1)N(c1ccccc1)c1ccccc1. The van der Waals surface area contributed by atoms with Crippen LogP contribution in [0.3, 0.4) is 0 Å². The third kappa shape index (κ3) is 5.10. The third-order valence-electron chi connectivity index (χ3n) is 5.22. The number of aromatic nitrogens is 1. The lowest BCUT2D eigenvalue weighted by Crippen LogP contribution is -2.45. The molecule has 2 amide bonds. The molecular weight excluding hydrogens is 398 g/mol. The van der Waals surface area contributed by atoms with Crippen LogP contribution in [0.15, 0.2) is 79.0 Å². The standard InChI is InChI=1S/C24H24ClN3O2/c25-18-11-16-23(26-17-18)30-22-14-12-19(13-15-22)27-24(29)28(20-7-3-1-4-8-20)21-9-5-2-6-10-21/h1-11,16-17,19,22H,12-15H2,(H,27,29). The number of urea groups is 1. The summed E-state index contributed by atoms with van der Waals surface area (Å²) in [5, 5.41) is 3.80. The molecule has 0 saturated heterocycles. The van der Waals surface area contributed by atoms with E-state index in [1.165, 1.54) is 0 Å². The molecule has 1 aliphatic carbocycles. The van der Waals surface area contributed by atoms with E-state index in [1.807, 2.05) is 60.7 Å².